The summed E-state index contributed by atoms with van der Waals surface area (Å²) >= 11 is 0. The van der Waals surface area contributed by atoms with E-state index in [1.807, 2.05) is 0 Å². The van der Waals surface area contributed by atoms with E-state index in [2.05, 4.69) is 27.7 Å². The molecule has 0 fully saturated rings. The molecule has 0 bridgehead atoms. The third kappa shape index (κ3) is 24.9. The third-order valence-electron chi connectivity index (χ3n) is 8.18. The SMILES string of the molecule is CCCCCCCCCC(CCC)CCCCCCCCCC(CC)CCCCCCCC. The fraction of sp³-hybridized carbons (Fsp3) is 1.00. The summed E-state index contributed by atoms with van der Waals surface area (Å²) < 4.78 is 0. The van der Waals surface area contributed by atoms with Gasteiger partial charge in [0, 0.05) is 0 Å². The molecule has 0 rings (SSSR count). The zero-order chi connectivity index (χ0) is 24.2. The molecule has 0 N–H and O–H groups in total. The van der Waals surface area contributed by atoms with E-state index in [4.69, 9.17) is 0 Å². The molecular weight excluding hydrogens is 396 g/mol. The molecule has 0 spiro atoms. The summed E-state index contributed by atoms with van der Waals surface area (Å²) in [5.74, 6) is 2.05. The van der Waals surface area contributed by atoms with Crippen molar-refractivity contribution in [2.45, 2.75) is 201 Å². The monoisotopic (exact) mass is 465 g/mol. The molecule has 200 valence electrons. The maximum absolute atomic E-state index is 2.42. The lowest BCUT2D eigenvalue weighted by molar-refractivity contribution is 0.375. The molecule has 0 aliphatic carbocycles. The average Bonchev–Trinajstić information content (AvgIpc) is 2.83. The van der Waals surface area contributed by atoms with Crippen molar-refractivity contribution in [1.29, 1.82) is 0 Å². The average molecular weight is 465 g/mol. The van der Waals surface area contributed by atoms with Crippen molar-refractivity contribution in [2.75, 3.05) is 0 Å². The lowest BCUT2D eigenvalue weighted by Gasteiger charge is -2.16. The summed E-state index contributed by atoms with van der Waals surface area (Å²) in [5, 5.41) is 0. The Hall–Kier alpha value is 0. The van der Waals surface area contributed by atoms with E-state index in [-0.39, 0.29) is 0 Å². The Kier molecular flexibility index (Phi) is 28.2. The molecule has 0 heterocycles. The Bertz CT molecular complexity index is 333. The second kappa shape index (κ2) is 28.2. The van der Waals surface area contributed by atoms with Gasteiger partial charge in [0.2, 0.25) is 0 Å². The topological polar surface area (TPSA) is 0 Å². The van der Waals surface area contributed by atoms with E-state index in [1.54, 1.807) is 0 Å². The summed E-state index contributed by atoms with van der Waals surface area (Å²) in [5.41, 5.74) is 0. The maximum atomic E-state index is 2.42. The second-order valence-corrected chi connectivity index (χ2v) is 11.4. The van der Waals surface area contributed by atoms with Crippen LogP contribution in [0.4, 0.5) is 0 Å². The van der Waals surface area contributed by atoms with Gasteiger partial charge in [0.1, 0.15) is 0 Å². The van der Waals surface area contributed by atoms with Crippen LogP contribution >= 0.6 is 0 Å². The highest BCUT2D eigenvalue weighted by molar-refractivity contribution is 4.62. The van der Waals surface area contributed by atoms with Gasteiger partial charge in [-0.2, -0.15) is 0 Å². The van der Waals surface area contributed by atoms with Crippen LogP contribution in [0, 0.1) is 11.8 Å². The Labute approximate surface area is 212 Å². The lowest BCUT2D eigenvalue weighted by atomic mass is 9.90. The van der Waals surface area contributed by atoms with Crippen LogP contribution in [0.15, 0.2) is 0 Å². The van der Waals surface area contributed by atoms with Gasteiger partial charge < -0.3 is 0 Å². The van der Waals surface area contributed by atoms with Gasteiger partial charge in [0.05, 0.1) is 0 Å². The molecule has 0 aliphatic heterocycles. The van der Waals surface area contributed by atoms with Gasteiger partial charge in [0.25, 0.3) is 0 Å². The van der Waals surface area contributed by atoms with Crippen LogP contribution in [0.1, 0.15) is 201 Å². The minimum atomic E-state index is 1.02. The predicted octanol–water partition coefficient (Wildman–Crippen LogP) is 12.8. The highest BCUT2D eigenvalue weighted by Gasteiger charge is 2.08. The van der Waals surface area contributed by atoms with E-state index in [0.717, 1.165) is 11.8 Å². The molecule has 2 atom stereocenters. The Morgan fingerprint density at radius 1 is 0.273 bits per heavy atom. The molecule has 0 saturated carbocycles. The highest BCUT2D eigenvalue weighted by Crippen LogP contribution is 2.24. The van der Waals surface area contributed by atoms with Gasteiger partial charge in [-0.05, 0) is 11.8 Å². The molecular formula is C33H68. The minimum Gasteiger partial charge on any atom is -0.0654 e. The Morgan fingerprint density at radius 2 is 0.576 bits per heavy atom. The third-order valence-corrected chi connectivity index (χ3v) is 8.18. The standard InChI is InChI=1S/C33H68/c1-5-9-11-13-16-21-25-30-33(27-7-3)31-26-22-18-15-17-20-24-29-32(8-4)28-23-19-14-12-10-6-2/h32-33H,5-31H2,1-4H3. The smallest absolute Gasteiger partial charge is 0.0414 e. The summed E-state index contributed by atoms with van der Waals surface area (Å²) in [6.45, 7) is 9.43. The van der Waals surface area contributed by atoms with Gasteiger partial charge in [-0.25, -0.2) is 0 Å². The van der Waals surface area contributed by atoms with Crippen molar-refractivity contribution in [2.24, 2.45) is 11.8 Å². The molecule has 0 saturated heterocycles. The second-order valence-electron chi connectivity index (χ2n) is 11.4. The van der Waals surface area contributed by atoms with Crippen molar-refractivity contribution < 1.29 is 0 Å². The molecule has 0 nitrogen and oxygen atoms in total. The minimum absolute atomic E-state index is 1.02. The lowest BCUT2D eigenvalue weighted by Crippen LogP contribution is -2.01. The normalized spacial score (nSPS) is 13.5. The van der Waals surface area contributed by atoms with Crippen LogP contribution in [-0.4, -0.2) is 0 Å². The fourth-order valence-electron chi connectivity index (χ4n) is 5.75. The van der Waals surface area contributed by atoms with E-state index < -0.39 is 0 Å². The van der Waals surface area contributed by atoms with Crippen molar-refractivity contribution >= 4 is 0 Å². The first-order chi connectivity index (χ1) is 16.3. The first kappa shape index (κ1) is 33.0. The molecule has 0 aliphatic rings. The number of unbranched alkanes of at least 4 members (excludes halogenated alkanes) is 17. The van der Waals surface area contributed by atoms with Crippen LogP contribution in [-0.2, 0) is 0 Å². The highest BCUT2D eigenvalue weighted by atomic mass is 14.1. The van der Waals surface area contributed by atoms with Gasteiger partial charge in [-0.15, -0.1) is 0 Å². The van der Waals surface area contributed by atoms with Gasteiger partial charge >= 0.3 is 0 Å². The molecule has 0 aromatic heterocycles. The van der Waals surface area contributed by atoms with Gasteiger partial charge in [-0.3, -0.25) is 0 Å². The molecule has 0 aromatic carbocycles. The first-order valence-electron chi connectivity index (χ1n) is 16.3. The van der Waals surface area contributed by atoms with Crippen LogP contribution in [0.2, 0.25) is 0 Å². The van der Waals surface area contributed by atoms with Gasteiger partial charge in [0.15, 0.2) is 0 Å². The molecule has 0 amide bonds. The number of hydrogen-bond donors (Lipinski definition) is 0. The number of rotatable bonds is 28. The van der Waals surface area contributed by atoms with Crippen LogP contribution < -0.4 is 0 Å². The molecule has 33 heavy (non-hydrogen) atoms. The summed E-state index contributed by atoms with van der Waals surface area (Å²) in [4.78, 5) is 0. The van der Waals surface area contributed by atoms with Crippen molar-refractivity contribution in [3.05, 3.63) is 0 Å². The summed E-state index contributed by atoms with van der Waals surface area (Å²) in [6, 6.07) is 0. The van der Waals surface area contributed by atoms with Crippen LogP contribution in [0.5, 0.6) is 0 Å². The summed E-state index contributed by atoms with van der Waals surface area (Å²) in [7, 11) is 0. The maximum Gasteiger partial charge on any atom is -0.0414 e. The zero-order valence-electron chi connectivity index (χ0n) is 24.2. The first-order valence-corrected chi connectivity index (χ1v) is 16.3. The predicted molar refractivity (Wildman–Crippen MR) is 154 cm³/mol. The Morgan fingerprint density at radius 3 is 0.879 bits per heavy atom. The molecule has 0 heteroatoms. The molecule has 2 unspecified atom stereocenters. The largest absolute Gasteiger partial charge is 0.0654 e. The summed E-state index contributed by atoms with van der Waals surface area (Å²) in [6.07, 6.45) is 39.7. The van der Waals surface area contributed by atoms with E-state index >= 15 is 0 Å². The van der Waals surface area contributed by atoms with Crippen LogP contribution in [0.25, 0.3) is 0 Å². The molecule has 0 aromatic rings. The van der Waals surface area contributed by atoms with E-state index in [9.17, 15) is 0 Å². The van der Waals surface area contributed by atoms with E-state index in [1.165, 1.54) is 173 Å². The quantitative estimate of drug-likeness (QED) is 0.101. The molecule has 0 radical (unpaired) electrons. The van der Waals surface area contributed by atoms with Crippen molar-refractivity contribution in [1.82, 2.24) is 0 Å². The van der Waals surface area contributed by atoms with Crippen molar-refractivity contribution in [3.63, 3.8) is 0 Å². The zero-order valence-corrected chi connectivity index (χ0v) is 24.2. The van der Waals surface area contributed by atoms with E-state index in [0.29, 0.717) is 0 Å². The van der Waals surface area contributed by atoms with Gasteiger partial charge in [-0.1, -0.05) is 201 Å². The van der Waals surface area contributed by atoms with Crippen LogP contribution in [0.3, 0.4) is 0 Å². The van der Waals surface area contributed by atoms with Crippen molar-refractivity contribution in [3.8, 4) is 0 Å². The fourth-order valence-corrected chi connectivity index (χ4v) is 5.75. The Balaban J connectivity index is 3.54. The number of hydrogen-bond acceptors (Lipinski definition) is 0.